The maximum atomic E-state index is 13.4. The molecule has 182 valence electrons. The molecule has 1 amide bonds. The van der Waals surface area contributed by atoms with E-state index in [9.17, 15) is 4.79 Å². The summed E-state index contributed by atoms with van der Waals surface area (Å²) < 4.78 is 0. The molecule has 0 aliphatic heterocycles. The molecule has 0 atom stereocenters. The van der Waals surface area contributed by atoms with E-state index in [1.807, 2.05) is 72.9 Å². The molecule has 2 aromatic heterocycles. The number of benzene rings is 3. The second-order valence-corrected chi connectivity index (χ2v) is 9.39. The van der Waals surface area contributed by atoms with Gasteiger partial charge in [0.25, 0.3) is 5.91 Å². The van der Waals surface area contributed by atoms with Crippen LogP contribution in [0.3, 0.4) is 0 Å². The zero-order valence-corrected chi connectivity index (χ0v) is 21.1. The van der Waals surface area contributed by atoms with Crippen LogP contribution in [0.2, 0.25) is 0 Å². The van der Waals surface area contributed by atoms with Gasteiger partial charge in [-0.25, -0.2) is 0 Å². The molecule has 0 fully saturated rings. The molecule has 0 saturated carbocycles. The fraction of sp³-hybridized carbons (Fsp3) is 0.121. The van der Waals surface area contributed by atoms with Crippen LogP contribution in [-0.4, -0.2) is 15.9 Å². The first-order valence-corrected chi connectivity index (χ1v) is 12.5. The molecule has 0 saturated heterocycles. The Labute approximate surface area is 217 Å². The summed E-state index contributed by atoms with van der Waals surface area (Å²) >= 11 is 0. The van der Waals surface area contributed by atoms with Gasteiger partial charge in [0.05, 0.1) is 5.52 Å². The van der Waals surface area contributed by atoms with Crippen LogP contribution >= 0.6 is 0 Å². The molecule has 0 unspecified atom stereocenters. The average Bonchev–Trinajstić information content (AvgIpc) is 2.95. The molecular weight excluding hydrogens is 454 g/mol. The largest absolute Gasteiger partial charge is 0.348 e. The lowest BCUT2D eigenvalue weighted by Crippen LogP contribution is -2.23. The van der Waals surface area contributed by atoms with Crippen LogP contribution in [0.1, 0.15) is 42.0 Å². The van der Waals surface area contributed by atoms with Gasteiger partial charge in [0.15, 0.2) is 0 Å². The summed E-state index contributed by atoms with van der Waals surface area (Å²) in [5.41, 5.74) is 7.82. The number of hydrogen-bond donors (Lipinski definition) is 1. The van der Waals surface area contributed by atoms with Gasteiger partial charge in [-0.1, -0.05) is 68.4 Å². The van der Waals surface area contributed by atoms with Crippen molar-refractivity contribution in [2.24, 2.45) is 0 Å². The number of amides is 1. The van der Waals surface area contributed by atoms with Crippen LogP contribution in [0.15, 0.2) is 110 Å². The maximum Gasteiger partial charge on any atom is 0.252 e. The summed E-state index contributed by atoms with van der Waals surface area (Å²) in [5, 5.41) is 4.20. The van der Waals surface area contributed by atoms with Crippen molar-refractivity contribution in [2.75, 3.05) is 0 Å². The number of pyridine rings is 2. The van der Waals surface area contributed by atoms with Crippen LogP contribution in [0.25, 0.3) is 33.7 Å². The molecule has 2 heterocycles. The second kappa shape index (κ2) is 11.0. The molecule has 37 heavy (non-hydrogen) atoms. The molecule has 0 aliphatic carbocycles. The SMILES string of the molecule is CC(C)c1cc(-c2cccc(/C=C(\C(=O)NCc3ccccc3)c3ccncc3)c2)c2ncccc2c1. The molecular formula is C33H29N3O. The predicted molar refractivity (Wildman–Crippen MR) is 152 cm³/mol. The molecule has 0 aliphatic rings. The van der Waals surface area contributed by atoms with E-state index in [1.165, 1.54) is 5.56 Å². The van der Waals surface area contributed by atoms with Crippen molar-refractivity contribution in [3.05, 3.63) is 132 Å². The molecule has 0 spiro atoms. The summed E-state index contributed by atoms with van der Waals surface area (Å²) in [6.45, 7) is 4.87. The minimum Gasteiger partial charge on any atom is -0.348 e. The monoisotopic (exact) mass is 483 g/mol. The second-order valence-electron chi connectivity index (χ2n) is 9.39. The number of carbonyl (C=O) groups excluding carboxylic acids is 1. The molecule has 0 radical (unpaired) electrons. The van der Waals surface area contributed by atoms with Gasteiger partial charge in [-0.15, -0.1) is 0 Å². The van der Waals surface area contributed by atoms with E-state index in [4.69, 9.17) is 4.98 Å². The summed E-state index contributed by atoms with van der Waals surface area (Å²) in [6, 6.07) is 30.5. The molecule has 4 heteroatoms. The lowest BCUT2D eigenvalue weighted by Gasteiger charge is -2.13. The molecule has 3 aromatic carbocycles. The molecule has 1 N–H and O–H groups in total. The van der Waals surface area contributed by atoms with Crippen LogP contribution in [0, 0.1) is 0 Å². The lowest BCUT2D eigenvalue weighted by molar-refractivity contribution is -0.115. The standard InChI is InChI=1S/C33H29N3O/c1-23(2)29-20-28-12-7-15-35-32(28)30(21-29)27-11-6-10-25(18-27)19-31(26-13-16-34-17-14-26)33(37)36-22-24-8-4-3-5-9-24/h3-21,23H,22H2,1-2H3,(H,36,37)/b31-19-. The number of carbonyl (C=O) groups is 1. The zero-order valence-electron chi connectivity index (χ0n) is 21.1. The van der Waals surface area contributed by atoms with Crippen LogP contribution in [0.5, 0.6) is 0 Å². The summed E-state index contributed by atoms with van der Waals surface area (Å²) in [5.74, 6) is 0.271. The van der Waals surface area contributed by atoms with E-state index < -0.39 is 0 Å². The van der Waals surface area contributed by atoms with Crippen molar-refractivity contribution in [3.63, 3.8) is 0 Å². The minimum absolute atomic E-state index is 0.130. The number of fused-ring (bicyclic) bond motifs is 1. The minimum atomic E-state index is -0.130. The van der Waals surface area contributed by atoms with Crippen molar-refractivity contribution < 1.29 is 4.79 Å². The Morgan fingerprint density at radius 2 is 1.68 bits per heavy atom. The van der Waals surface area contributed by atoms with Gasteiger partial charge in [0.2, 0.25) is 0 Å². The molecule has 4 nitrogen and oxygen atoms in total. The highest BCUT2D eigenvalue weighted by molar-refractivity contribution is 6.24. The van der Waals surface area contributed by atoms with Gasteiger partial charge in [-0.3, -0.25) is 14.8 Å². The van der Waals surface area contributed by atoms with Gasteiger partial charge in [-0.05, 0) is 76.2 Å². The third-order valence-corrected chi connectivity index (χ3v) is 6.43. The van der Waals surface area contributed by atoms with Crippen molar-refractivity contribution >= 4 is 28.5 Å². The van der Waals surface area contributed by atoms with Crippen LogP contribution in [-0.2, 0) is 11.3 Å². The Kier molecular flexibility index (Phi) is 7.18. The Balaban J connectivity index is 1.54. The number of rotatable bonds is 7. The van der Waals surface area contributed by atoms with Crippen molar-refractivity contribution in [1.29, 1.82) is 0 Å². The zero-order chi connectivity index (χ0) is 25.6. The fourth-order valence-electron chi connectivity index (χ4n) is 4.42. The van der Waals surface area contributed by atoms with Crippen LogP contribution < -0.4 is 5.32 Å². The van der Waals surface area contributed by atoms with E-state index >= 15 is 0 Å². The lowest BCUT2D eigenvalue weighted by atomic mass is 9.93. The average molecular weight is 484 g/mol. The summed E-state index contributed by atoms with van der Waals surface area (Å²) in [4.78, 5) is 22.2. The van der Waals surface area contributed by atoms with Crippen molar-refractivity contribution in [1.82, 2.24) is 15.3 Å². The number of nitrogens with zero attached hydrogens (tertiary/aromatic N) is 2. The number of nitrogens with one attached hydrogen (secondary N) is 1. The number of aromatic nitrogens is 2. The third kappa shape index (κ3) is 5.65. The Morgan fingerprint density at radius 1 is 0.865 bits per heavy atom. The van der Waals surface area contributed by atoms with Gasteiger partial charge >= 0.3 is 0 Å². The molecule has 5 aromatic rings. The number of hydrogen-bond acceptors (Lipinski definition) is 3. The maximum absolute atomic E-state index is 13.4. The van der Waals surface area contributed by atoms with Gasteiger partial charge in [0.1, 0.15) is 0 Å². The Bertz CT molecular complexity index is 1560. The first kappa shape index (κ1) is 24.1. The van der Waals surface area contributed by atoms with E-state index in [0.29, 0.717) is 18.0 Å². The summed E-state index contributed by atoms with van der Waals surface area (Å²) in [6.07, 6.45) is 7.20. The quantitative estimate of drug-likeness (QED) is 0.248. The van der Waals surface area contributed by atoms with E-state index in [0.717, 1.165) is 38.7 Å². The van der Waals surface area contributed by atoms with Crippen LogP contribution in [0.4, 0.5) is 0 Å². The first-order chi connectivity index (χ1) is 18.1. The van der Waals surface area contributed by atoms with E-state index in [2.05, 4.69) is 54.5 Å². The third-order valence-electron chi connectivity index (χ3n) is 6.43. The highest BCUT2D eigenvalue weighted by Crippen LogP contribution is 2.32. The van der Waals surface area contributed by atoms with Crippen molar-refractivity contribution in [3.8, 4) is 11.1 Å². The van der Waals surface area contributed by atoms with E-state index in [-0.39, 0.29) is 5.91 Å². The Hall–Kier alpha value is -4.57. The smallest absolute Gasteiger partial charge is 0.252 e. The predicted octanol–water partition coefficient (Wildman–Crippen LogP) is 7.28. The normalized spacial score (nSPS) is 11.6. The topological polar surface area (TPSA) is 54.9 Å². The molecule has 5 rings (SSSR count). The van der Waals surface area contributed by atoms with Gasteiger partial charge in [-0.2, -0.15) is 0 Å². The highest BCUT2D eigenvalue weighted by atomic mass is 16.1. The summed E-state index contributed by atoms with van der Waals surface area (Å²) in [7, 11) is 0. The van der Waals surface area contributed by atoms with Crippen molar-refractivity contribution in [2.45, 2.75) is 26.3 Å². The fourth-order valence-corrected chi connectivity index (χ4v) is 4.42. The van der Waals surface area contributed by atoms with Gasteiger partial charge in [0, 0.05) is 41.7 Å². The first-order valence-electron chi connectivity index (χ1n) is 12.5. The Morgan fingerprint density at radius 3 is 2.46 bits per heavy atom. The highest BCUT2D eigenvalue weighted by Gasteiger charge is 2.14. The van der Waals surface area contributed by atoms with E-state index in [1.54, 1.807) is 12.4 Å². The van der Waals surface area contributed by atoms with Gasteiger partial charge < -0.3 is 5.32 Å². The molecule has 0 bridgehead atoms.